The lowest BCUT2D eigenvalue weighted by Crippen LogP contribution is -1.93. The Bertz CT molecular complexity index is 2700. The van der Waals surface area contributed by atoms with Crippen molar-refractivity contribution in [1.82, 2.24) is 0 Å². The highest BCUT2D eigenvalue weighted by Gasteiger charge is 2.28. The molecule has 6 heteroatoms. The van der Waals surface area contributed by atoms with Crippen LogP contribution in [0.5, 0.6) is 28.7 Å². The molecule has 0 fully saturated rings. The van der Waals surface area contributed by atoms with Gasteiger partial charge in [-0.25, -0.2) is 0 Å². The van der Waals surface area contributed by atoms with E-state index in [-0.39, 0.29) is 11.1 Å². The quantitative estimate of drug-likeness (QED) is 0.0757. The third-order valence-electron chi connectivity index (χ3n) is 9.43. The average molecular weight is 627 g/mol. The van der Waals surface area contributed by atoms with Gasteiger partial charge in [0.05, 0.1) is 5.56 Å². The number of fused-ring (bicyclic) bond motifs is 6. The van der Waals surface area contributed by atoms with Gasteiger partial charge in [-0.3, -0.25) is 0 Å². The van der Waals surface area contributed by atoms with Gasteiger partial charge >= 0.3 is 0 Å². The summed E-state index contributed by atoms with van der Waals surface area (Å²) in [6.45, 7) is 0. The van der Waals surface area contributed by atoms with Crippen LogP contribution in [0.1, 0.15) is 0 Å². The van der Waals surface area contributed by atoms with Crippen molar-refractivity contribution >= 4 is 54.3 Å². The smallest absolute Gasteiger partial charge is 0.208 e. The van der Waals surface area contributed by atoms with Gasteiger partial charge in [-0.05, 0) is 66.7 Å². The molecule has 0 aliphatic carbocycles. The van der Waals surface area contributed by atoms with E-state index in [9.17, 15) is 25.5 Å². The summed E-state index contributed by atoms with van der Waals surface area (Å²) in [5.41, 5.74) is 4.99. The normalized spacial score (nSPS) is 11.8. The molecule has 8 aromatic carbocycles. The number of hydrogen-bond acceptors (Lipinski definition) is 6. The van der Waals surface area contributed by atoms with Crippen LogP contribution in [-0.2, 0) is 0 Å². The number of para-hydroxylation sites is 1. The predicted molar refractivity (Wildman–Crippen MR) is 191 cm³/mol. The number of phenols is 5. The number of aromatic hydroxyl groups is 5. The minimum Gasteiger partial charge on any atom is -0.504 e. The Balaban J connectivity index is 1.45. The lowest BCUT2D eigenvalue weighted by Gasteiger charge is -2.20. The summed E-state index contributed by atoms with van der Waals surface area (Å²) in [7, 11) is 0. The van der Waals surface area contributed by atoms with Crippen LogP contribution < -0.4 is 0 Å². The van der Waals surface area contributed by atoms with Gasteiger partial charge in [-0.15, -0.1) is 0 Å². The predicted octanol–water partition coefficient (Wildman–Crippen LogP) is 10.6. The fraction of sp³-hybridized carbons (Fsp3) is 0. The van der Waals surface area contributed by atoms with Crippen LogP contribution in [0.15, 0.2) is 132 Å². The van der Waals surface area contributed by atoms with E-state index in [0.717, 1.165) is 65.3 Å². The van der Waals surface area contributed by atoms with Crippen LogP contribution >= 0.6 is 0 Å². The molecule has 0 bridgehead atoms. The van der Waals surface area contributed by atoms with Crippen LogP contribution in [0.2, 0.25) is 0 Å². The molecule has 1 heterocycles. The van der Waals surface area contributed by atoms with Crippen LogP contribution in [0.3, 0.4) is 0 Å². The van der Waals surface area contributed by atoms with Gasteiger partial charge in [0.15, 0.2) is 11.5 Å². The lowest BCUT2D eigenvalue weighted by atomic mass is 9.83. The Kier molecular flexibility index (Phi) is 5.86. The highest BCUT2D eigenvalue weighted by Crippen LogP contribution is 2.57. The van der Waals surface area contributed by atoms with Crippen molar-refractivity contribution in [3.8, 4) is 62.1 Å². The standard InChI is InChI=1S/C42H26O6/c43-37-36(38(44)40(46)41(47)39(37)45)31-21-20-30(35-29-17-7-8-19-32(29)48-42(31)35)34-27-15-5-3-13-25(27)33(26-14-4-6-16-28(26)34)24-18-9-11-22-10-1-2-12-23(22)24/h1-21,43-47H. The molecule has 0 aliphatic rings. The SMILES string of the molecule is Oc1c(O)c(O)c(-c2ccc(-c3c4ccccc4c(-c4cccc5ccccc45)c4ccccc34)c3c2oc2ccccc23)c(O)c1O. The van der Waals surface area contributed by atoms with Gasteiger partial charge in [-0.2, -0.15) is 0 Å². The first kappa shape index (κ1) is 27.6. The first-order valence-electron chi connectivity index (χ1n) is 15.5. The molecule has 6 nitrogen and oxygen atoms in total. The molecular weight excluding hydrogens is 600 g/mol. The van der Waals surface area contributed by atoms with Crippen LogP contribution in [0, 0.1) is 0 Å². The molecule has 0 amide bonds. The van der Waals surface area contributed by atoms with Crippen LogP contribution in [0.25, 0.3) is 87.6 Å². The fourth-order valence-electron chi connectivity index (χ4n) is 7.33. The molecule has 48 heavy (non-hydrogen) atoms. The second kappa shape index (κ2) is 10.2. The summed E-state index contributed by atoms with van der Waals surface area (Å²) >= 11 is 0. The zero-order chi connectivity index (χ0) is 32.7. The van der Waals surface area contributed by atoms with Crippen molar-refractivity contribution in [2.45, 2.75) is 0 Å². The second-order valence-electron chi connectivity index (χ2n) is 11.9. The van der Waals surface area contributed by atoms with Gasteiger partial charge in [-0.1, -0.05) is 115 Å². The van der Waals surface area contributed by atoms with Crippen molar-refractivity contribution in [2.24, 2.45) is 0 Å². The molecule has 0 radical (unpaired) electrons. The first-order valence-corrected chi connectivity index (χ1v) is 15.5. The highest BCUT2D eigenvalue weighted by atomic mass is 16.4. The van der Waals surface area contributed by atoms with Gasteiger partial charge in [0.1, 0.15) is 11.2 Å². The van der Waals surface area contributed by atoms with E-state index in [1.807, 2.05) is 42.5 Å². The Hall–Kier alpha value is -6.66. The van der Waals surface area contributed by atoms with Gasteiger partial charge in [0.2, 0.25) is 17.2 Å². The van der Waals surface area contributed by atoms with Crippen molar-refractivity contribution < 1.29 is 29.9 Å². The molecular formula is C42H26O6. The number of rotatable bonds is 3. The minimum atomic E-state index is -1.02. The Labute approximate surface area is 273 Å². The Morgan fingerprint density at radius 1 is 0.333 bits per heavy atom. The zero-order valence-electron chi connectivity index (χ0n) is 25.3. The summed E-state index contributed by atoms with van der Waals surface area (Å²) in [6.07, 6.45) is 0. The lowest BCUT2D eigenvalue weighted by molar-refractivity contribution is 0.330. The summed E-state index contributed by atoms with van der Waals surface area (Å²) in [4.78, 5) is 0. The zero-order valence-corrected chi connectivity index (χ0v) is 25.3. The molecule has 230 valence electrons. The maximum atomic E-state index is 10.9. The Morgan fingerprint density at radius 2 is 0.792 bits per heavy atom. The van der Waals surface area contributed by atoms with Crippen molar-refractivity contribution in [3.05, 3.63) is 127 Å². The molecule has 0 unspecified atom stereocenters. The summed E-state index contributed by atoms with van der Waals surface area (Å²) < 4.78 is 6.44. The topological polar surface area (TPSA) is 114 Å². The van der Waals surface area contributed by atoms with E-state index in [4.69, 9.17) is 4.42 Å². The summed E-state index contributed by atoms with van der Waals surface area (Å²) in [5, 5.41) is 60.9. The number of benzene rings is 8. The fourth-order valence-corrected chi connectivity index (χ4v) is 7.33. The molecule has 1 aromatic heterocycles. The highest BCUT2D eigenvalue weighted by molar-refractivity contribution is 6.28. The number of phenolic OH excluding ortho intramolecular Hbond substituents is 5. The third-order valence-corrected chi connectivity index (χ3v) is 9.43. The van der Waals surface area contributed by atoms with Gasteiger partial charge in [0.25, 0.3) is 0 Å². The van der Waals surface area contributed by atoms with Crippen molar-refractivity contribution in [1.29, 1.82) is 0 Å². The first-order chi connectivity index (χ1) is 23.4. The summed E-state index contributed by atoms with van der Waals surface area (Å²) in [6, 6.07) is 42.7. The van der Waals surface area contributed by atoms with Crippen LogP contribution in [0.4, 0.5) is 0 Å². The van der Waals surface area contributed by atoms with E-state index < -0.39 is 28.7 Å². The maximum absolute atomic E-state index is 10.9. The molecule has 0 saturated carbocycles. The average Bonchev–Trinajstić information content (AvgIpc) is 3.52. The van der Waals surface area contributed by atoms with Gasteiger partial charge < -0.3 is 29.9 Å². The molecule has 9 rings (SSSR count). The summed E-state index contributed by atoms with van der Waals surface area (Å²) in [5.74, 6) is -4.49. The molecule has 0 spiro atoms. The molecule has 9 aromatic rings. The second-order valence-corrected chi connectivity index (χ2v) is 11.9. The minimum absolute atomic E-state index is 0.228. The van der Waals surface area contributed by atoms with E-state index in [1.165, 1.54) is 0 Å². The van der Waals surface area contributed by atoms with Crippen molar-refractivity contribution in [3.63, 3.8) is 0 Å². The third kappa shape index (κ3) is 3.74. The largest absolute Gasteiger partial charge is 0.504 e. The van der Waals surface area contributed by atoms with Crippen LogP contribution in [-0.4, -0.2) is 25.5 Å². The van der Waals surface area contributed by atoms with E-state index in [0.29, 0.717) is 11.2 Å². The maximum Gasteiger partial charge on any atom is 0.208 e. The number of furan rings is 1. The molecule has 0 atom stereocenters. The molecule has 0 saturated heterocycles. The monoisotopic (exact) mass is 626 g/mol. The van der Waals surface area contributed by atoms with E-state index in [1.54, 1.807) is 6.07 Å². The van der Waals surface area contributed by atoms with E-state index >= 15 is 0 Å². The van der Waals surface area contributed by atoms with Gasteiger partial charge in [0, 0.05) is 16.3 Å². The molecule has 0 aliphatic heterocycles. The number of hydrogen-bond donors (Lipinski definition) is 5. The molecule has 5 N–H and O–H groups in total. The van der Waals surface area contributed by atoms with Crippen molar-refractivity contribution in [2.75, 3.05) is 0 Å². The van der Waals surface area contributed by atoms with E-state index in [2.05, 4.69) is 78.9 Å². The Morgan fingerprint density at radius 3 is 1.42 bits per heavy atom.